The van der Waals surface area contributed by atoms with Crippen LogP contribution < -0.4 is 10.2 Å². The van der Waals surface area contributed by atoms with Crippen molar-refractivity contribution in [1.29, 1.82) is 0 Å². The van der Waals surface area contributed by atoms with Gasteiger partial charge in [-0.15, -0.1) is 11.3 Å². The van der Waals surface area contributed by atoms with Crippen LogP contribution in [0.3, 0.4) is 0 Å². The van der Waals surface area contributed by atoms with E-state index < -0.39 is 0 Å². The van der Waals surface area contributed by atoms with Gasteiger partial charge in [0.1, 0.15) is 6.04 Å². The molecule has 0 aliphatic rings. The summed E-state index contributed by atoms with van der Waals surface area (Å²) in [6.45, 7) is 4.47. The Morgan fingerprint density at radius 1 is 1.23 bits per heavy atom. The van der Waals surface area contributed by atoms with Crippen LogP contribution in [-0.2, 0) is 4.79 Å². The molecule has 4 nitrogen and oxygen atoms in total. The van der Waals surface area contributed by atoms with Gasteiger partial charge in [-0.1, -0.05) is 35.9 Å². The fourth-order valence-electron chi connectivity index (χ4n) is 2.84. The first-order chi connectivity index (χ1) is 12.4. The molecule has 0 saturated carbocycles. The molecule has 1 heterocycles. The highest BCUT2D eigenvalue weighted by Crippen LogP contribution is 2.24. The van der Waals surface area contributed by atoms with Crippen molar-refractivity contribution in [1.82, 2.24) is 10.3 Å². The number of rotatable bonds is 6. The van der Waals surface area contributed by atoms with Crippen LogP contribution >= 0.6 is 22.9 Å². The topological polar surface area (TPSA) is 46.4 Å². The third kappa shape index (κ3) is 4.41. The highest BCUT2D eigenvalue weighted by atomic mass is 35.5. The quantitative estimate of drug-likeness (QED) is 0.679. The Kier molecular flexibility index (Phi) is 5.91. The Morgan fingerprint density at radius 2 is 2.00 bits per heavy atom. The van der Waals surface area contributed by atoms with Crippen LogP contribution in [0, 0.1) is 0 Å². The fourth-order valence-corrected chi connectivity index (χ4v) is 4.16. The molecule has 2 N–H and O–H groups in total. The maximum absolute atomic E-state index is 12.4. The summed E-state index contributed by atoms with van der Waals surface area (Å²) in [5.41, 5.74) is 2.02. The van der Waals surface area contributed by atoms with Gasteiger partial charge in [-0.05, 0) is 43.7 Å². The largest absolute Gasteiger partial charge is 0.345 e. The van der Waals surface area contributed by atoms with Crippen LogP contribution in [0.1, 0.15) is 36.5 Å². The summed E-state index contributed by atoms with van der Waals surface area (Å²) in [6, 6.07) is 15.8. The van der Waals surface area contributed by atoms with Crippen molar-refractivity contribution in [2.45, 2.75) is 25.9 Å². The summed E-state index contributed by atoms with van der Waals surface area (Å²) in [5.74, 6) is 0.0166. The van der Waals surface area contributed by atoms with E-state index >= 15 is 0 Å². The van der Waals surface area contributed by atoms with Crippen molar-refractivity contribution in [2.24, 2.45) is 0 Å². The standard InChI is InChI=1S/C20H22ClN3OS/c1-13(15-7-6-8-16(21)11-15)22-19(25)12-24(3)14(2)20-23-17-9-4-5-10-18(17)26-20/h4-11,13-14H,12H2,1-3H3,(H,22,25)/p+1/t13-,14-/m0/s1. The van der Waals surface area contributed by atoms with E-state index in [4.69, 9.17) is 16.6 Å². The van der Waals surface area contributed by atoms with E-state index in [0.29, 0.717) is 11.6 Å². The molecule has 3 aromatic rings. The van der Waals surface area contributed by atoms with Gasteiger partial charge in [-0.25, -0.2) is 4.98 Å². The predicted molar refractivity (Wildman–Crippen MR) is 108 cm³/mol. The van der Waals surface area contributed by atoms with Crippen LogP contribution in [-0.4, -0.2) is 24.5 Å². The number of halogens is 1. The third-order valence-corrected chi connectivity index (χ3v) is 6.04. The molecule has 0 fully saturated rings. The van der Waals surface area contributed by atoms with Gasteiger partial charge in [0.25, 0.3) is 5.91 Å². The second kappa shape index (κ2) is 8.16. The van der Waals surface area contributed by atoms with E-state index in [9.17, 15) is 4.79 Å². The van der Waals surface area contributed by atoms with Gasteiger partial charge in [0.05, 0.1) is 23.3 Å². The highest BCUT2D eigenvalue weighted by Gasteiger charge is 2.22. The average Bonchev–Trinajstić information content (AvgIpc) is 3.04. The number of carbonyl (C=O) groups excluding carboxylic acids is 1. The molecule has 26 heavy (non-hydrogen) atoms. The normalized spacial score (nSPS) is 14.8. The number of para-hydroxylation sites is 1. The minimum atomic E-state index is -0.0771. The van der Waals surface area contributed by atoms with Crippen LogP contribution in [0.15, 0.2) is 48.5 Å². The highest BCUT2D eigenvalue weighted by molar-refractivity contribution is 7.18. The SMILES string of the molecule is C[C@H](NC(=O)C[NH+](C)[C@@H](C)c1nc2ccccc2s1)c1cccc(Cl)c1. The number of likely N-dealkylation sites (N-methyl/N-ethyl adjacent to an activating group) is 1. The van der Waals surface area contributed by atoms with Crippen LogP contribution in [0.4, 0.5) is 0 Å². The minimum Gasteiger partial charge on any atom is -0.345 e. The zero-order valence-corrected chi connectivity index (χ0v) is 16.7. The lowest BCUT2D eigenvalue weighted by atomic mass is 10.1. The molecule has 1 unspecified atom stereocenters. The summed E-state index contributed by atoms with van der Waals surface area (Å²) in [6.07, 6.45) is 0. The fraction of sp³-hybridized carbons (Fsp3) is 0.300. The summed E-state index contributed by atoms with van der Waals surface area (Å²) in [7, 11) is 2.03. The maximum atomic E-state index is 12.4. The summed E-state index contributed by atoms with van der Waals surface area (Å²) >= 11 is 7.72. The molecule has 1 aromatic heterocycles. The van der Waals surface area contributed by atoms with Crippen molar-refractivity contribution < 1.29 is 9.69 Å². The number of amides is 1. The predicted octanol–water partition coefficient (Wildman–Crippen LogP) is 3.40. The maximum Gasteiger partial charge on any atom is 0.275 e. The zero-order valence-electron chi connectivity index (χ0n) is 15.1. The van der Waals surface area contributed by atoms with Gasteiger partial charge in [0.15, 0.2) is 11.6 Å². The van der Waals surface area contributed by atoms with E-state index in [1.54, 1.807) is 11.3 Å². The Hall–Kier alpha value is -1.95. The molecule has 6 heteroatoms. The number of fused-ring (bicyclic) bond motifs is 1. The zero-order chi connectivity index (χ0) is 18.7. The Morgan fingerprint density at radius 3 is 2.73 bits per heavy atom. The van der Waals surface area contributed by atoms with Gasteiger partial charge in [-0.3, -0.25) is 4.79 Å². The van der Waals surface area contributed by atoms with E-state index in [1.165, 1.54) is 4.70 Å². The number of hydrogen-bond acceptors (Lipinski definition) is 3. The molecule has 0 aliphatic heterocycles. The Bertz CT molecular complexity index is 878. The van der Waals surface area contributed by atoms with Crippen molar-refractivity contribution in [3.8, 4) is 0 Å². The molecular weight excluding hydrogens is 366 g/mol. The van der Waals surface area contributed by atoms with Crippen molar-refractivity contribution in [2.75, 3.05) is 13.6 Å². The summed E-state index contributed by atoms with van der Waals surface area (Å²) < 4.78 is 1.18. The number of hydrogen-bond donors (Lipinski definition) is 2. The van der Waals surface area contributed by atoms with Gasteiger partial charge in [-0.2, -0.15) is 0 Å². The summed E-state index contributed by atoms with van der Waals surface area (Å²) in [5, 5.41) is 4.78. The van der Waals surface area contributed by atoms with Gasteiger partial charge in [0.2, 0.25) is 0 Å². The van der Waals surface area contributed by atoms with E-state index in [0.717, 1.165) is 21.0 Å². The molecule has 136 valence electrons. The van der Waals surface area contributed by atoms with E-state index in [-0.39, 0.29) is 18.0 Å². The number of nitrogens with one attached hydrogen (secondary N) is 2. The van der Waals surface area contributed by atoms with Gasteiger partial charge < -0.3 is 10.2 Å². The van der Waals surface area contributed by atoms with Gasteiger partial charge >= 0.3 is 0 Å². The first-order valence-corrected chi connectivity index (χ1v) is 9.86. The lowest BCUT2D eigenvalue weighted by molar-refractivity contribution is -0.902. The van der Waals surface area contributed by atoms with Crippen LogP contribution in [0.5, 0.6) is 0 Å². The number of aromatic nitrogens is 1. The number of thiazole rings is 1. The Balaban J connectivity index is 1.61. The number of benzene rings is 2. The number of carbonyl (C=O) groups is 1. The molecule has 0 spiro atoms. The van der Waals surface area contributed by atoms with Crippen molar-refractivity contribution in [3.05, 3.63) is 64.1 Å². The number of quaternary nitrogens is 1. The van der Waals surface area contributed by atoms with E-state index in [1.807, 2.05) is 56.4 Å². The second-order valence-electron chi connectivity index (χ2n) is 6.61. The second-order valence-corrected chi connectivity index (χ2v) is 8.11. The van der Waals surface area contributed by atoms with Crippen LogP contribution in [0.2, 0.25) is 5.02 Å². The molecule has 0 bridgehead atoms. The Labute approximate surface area is 162 Å². The third-order valence-electron chi connectivity index (χ3n) is 4.59. The molecular formula is C20H23ClN3OS+. The molecule has 3 rings (SSSR count). The number of nitrogens with zero attached hydrogens (tertiary/aromatic N) is 1. The monoisotopic (exact) mass is 388 g/mol. The van der Waals surface area contributed by atoms with Gasteiger partial charge in [0, 0.05) is 5.02 Å². The molecule has 2 aromatic carbocycles. The lowest BCUT2D eigenvalue weighted by Gasteiger charge is -2.21. The lowest BCUT2D eigenvalue weighted by Crippen LogP contribution is -3.10. The van der Waals surface area contributed by atoms with Crippen LogP contribution in [0.25, 0.3) is 10.2 Å². The average molecular weight is 389 g/mol. The first-order valence-electron chi connectivity index (χ1n) is 8.66. The molecule has 0 radical (unpaired) electrons. The molecule has 1 amide bonds. The molecule has 0 saturated heterocycles. The molecule has 3 atom stereocenters. The van der Waals surface area contributed by atoms with E-state index in [2.05, 4.69) is 18.3 Å². The van der Waals surface area contributed by atoms with Crippen molar-refractivity contribution in [3.63, 3.8) is 0 Å². The smallest absolute Gasteiger partial charge is 0.275 e. The minimum absolute atomic E-state index is 0.0166. The summed E-state index contributed by atoms with van der Waals surface area (Å²) in [4.78, 5) is 18.3. The van der Waals surface area contributed by atoms with Crippen molar-refractivity contribution >= 4 is 39.1 Å². The first kappa shape index (κ1) is 18.8. The molecule has 0 aliphatic carbocycles.